The van der Waals surface area contributed by atoms with Gasteiger partial charge in [0.25, 0.3) is 5.91 Å². The second-order valence-electron chi connectivity index (χ2n) is 6.51. The number of rotatable bonds is 4. The van der Waals surface area contributed by atoms with Crippen LogP contribution in [0.25, 0.3) is 5.65 Å². The molecule has 5 nitrogen and oxygen atoms in total. The van der Waals surface area contributed by atoms with Crippen molar-refractivity contribution in [1.82, 2.24) is 14.3 Å². The predicted octanol–water partition coefficient (Wildman–Crippen LogP) is 3.46. The zero-order chi connectivity index (χ0) is 17.9. The summed E-state index contributed by atoms with van der Waals surface area (Å²) < 4.78 is 7.63. The van der Waals surface area contributed by atoms with Crippen molar-refractivity contribution in [3.63, 3.8) is 0 Å². The third kappa shape index (κ3) is 3.74. The first kappa shape index (κ1) is 17.1. The van der Waals surface area contributed by atoms with E-state index >= 15 is 0 Å². The molecule has 1 saturated heterocycles. The Labute approximate surface area is 157 Å². The molecule has 0 bridgehead atoms. The standard InChI is InChI=1S/C20H20ClN3O2/c21-16-7-9-19-22-18(14-24(19)12-16)20(25)23-10-11-26-17(13-23)8-6-15-4-2-1-3-5-15/h1-5,7,9,12,14,17H,6,8,10-11,13H2. The number of halogens is 1. The number of hydrogen-bond donors (Lipinski definition) is 0. The van der Waals surface area contributed by atoms with Crippen LogP contribution in [0.2, 0.25) is 5.02 Å². The Kier molecular flexibility index (Phi) is 4.91. The van der Waals surface area contributed by atoms with Gasteiger partial charge in [-0.25, -0.2) is 4.98 Å². The maximum absolute atomic E-state index is 12.8. The molecule has 2 aromatic heterocycles. The monoisotopic (exact) mass is 369 g/mol. The summed E-state index contributed by atoms with van der Waals surface area (Å²) in [5.41, 5.74) is 2.44. The van der Waals surface area contributed by atoms with Crippen molar-refractivity contribution in [2.24, 2.45) is 0 Å². The van der Waals surface area contributed by atoms with Crippen molar-refractivity contribution in [1.29, 1.82) is 0 Å². The lowest BCUT2D eigenvalue weighted by molar-refractivity contribution is -0.0247. The van der Waals surface area contributed by atoms with Crippen LogP contribution in [-0.2, 0) is 11.2 Å². The number of benzene rings is 1. The topological polar surface area (TPSA) is 46.8 Å². The lowest BCUT2D eigenvalue weighted by atomic mass is 10.1. The molecule has 3 aromatic rings. The van der Waals surface area contributed by atoms with E-state index < -0.39 is 0 Å². The minimum Gasteiger partial charge on any atom is -0.375 e. The van der Waals surface area contributed by atoms with E-state index in [4.69, 9.17) is 16.3 Å². The van der Waals surface area contributed by atoms with E-state index in [2.05, 4.69) is 17.1 Å². The molecule has 1 fully saturated rings. The van der Waals surface area contributed by atoms with Crippen molar-refractivity contribution >= 4 is 23.2 Å². The number of carbonyl (C=O) groups is 1. The number of amides is 1. The molecule has 1 aliphatic rings. The first-order valence-corrected chi connectivity index (χ1v) is 9.16. The molecule has 0 N–H and O–H groups in total. The summed E-state index contributed by atoms with van der Waals surface area (Å²) >= 11 is 6.00. The van der Waals surface area contributed by atoms with Gasteiger partial charge in [0.15, 0.2) is 0 Å². The van der Waals surface area contributed by atoms with E-state index in [0.717, 1.165) is 12.8 Å². The predicted molar refractivity (Wildman–Crippen MR) is 101 cm³/mol. The molecule has 0 aliphatic carbocycles. The van der Waals surface area contributed by atoms with Crippen molar-refractivity contribution in [3.05, 3.63) is 71.1 Å². The number of hydrogen-bond acceptors (Lipinski definition) is 3. The van der Waals surface area contributed by atoms with Gasteiger partial charge in [-0.15, -0.1) is 0 Å². The van der Waals surface area contributed by atoms with E-state index in [1.54, 1.807) is 28.9 Å². The van der Waals surface area contributed by atoms with Crippen LogP contribution in [0.15, 0.2) is 54.9 Å². The Hall–Kier alpha value is -2.37. The van der Waals surface area contributed by atoms with Crippen molar-refractivity contribution in [2.45, 2.75) is 18.9 Å². The molecule has 6 heteroatoms. The van der Waals surface area contributed by atoms with Gasteiger partial charge in [-0.3, -0.25) is 4.79 Å². The summed E-state index contributed by atoms with van der Waals surface area (Å²) in [7, 11) is 0. The second-order valence-corrected chi connectivity index (χ2v) is 6.94. The highest BCUT2D eigenvalue weighted by molar-refractivity contribution is 6.30. The van der Waals surface area contributed by atoms with E-state index in [0.29, 0.717) is 36.1 Å². The van der Waals surface area contributed by atoms with E-state index in [1.165, 1.54) is 5.56 Å². The number of morpholine rings is 1. The highest BCUT2D eigenvalue weighted by Gasteiger charge is 2.26. The maximum atomic E-state index is 12.8. The first-order valence-electron chi connectivity index (χ1n) is 8.78. The number of fused-ring (bicyclic) bond motifs is 1. The molecule has 1 atom stereocenters. The molecule has 4 rings (SSSR count). The minimum atomic E-state index is -0.0576. The molecular weight excluding hydrogens is 350 g/mol. The average Bonchev–Trinajstić information content (AvgIpc) is 3.10. The fourth-order valence-electron chi connectivity index (χ4n) is 3.28. The Bertz CT molecular complexity index is 910. The lowest BCUT2D eigenvalue weighted by Crippen LogP contribution is -2.45. The van der Waals surface area contributed by atoms with Gasteiger partial charge in [0.2, 0.25) is 0 Å². The molecule has 1 unspecified atom stereocenters. The van der Waals surface area contributed by atoms with Crippen LogP contribution in [-0.4, -0.2) is 46.0 Å². The van der Waals surface area contributed by atoms with Crippen LogP contribution in [0.3, 0.4) is 0 Å². The Balaban J connectivity index is 1.42. The summed E-state index contributed by atoms with van der Waals surface area (Å²) in [6.45, 7) is 1.75. The maximum Gasteiger partial charge on any atom is 0.274 e. The highest BCUT2D eigenvalue weighted by atomic mass is 35.5. The van der Waals surface area contributed by atoms with Crippen molar-refractivity contribution in [3.8, 4) is 0 Å². The van der Waals surface area contributed by atoms with Crippen molar-refractivity contribution in [2.75, 3.05) is 19.7 Å². The number of aromatic nitrogens is 2. The van der Waals surface area contributed by atoms with Gasteiger partial charge >= 0.3 is 0 Å². The molecule has 26 heavy (non-hydrogen) atoms. The van der Waals surface area contributed by atoms with E-state index in [1.807, 2.05) is 23.1 Å². The number of imidazole rings is 1. The summed E-state index contributed by atoms with van der Waals surface area (Å²) in [5.74, 6) is -0.0576. The van der Waals surface area contributed by atoms with Gasteiger partial charge < -0.3 is 14.0 Å². The zero-order valence-electron chi connectivity index (χ0n) is 14.3. The van der Waals surface area contributed by atoms with Crippen LogP contribution < -0.4 is 0 Å². The molecule has 134 valence electrons. The number of ether oxygens (including phenoxy) is 1. The van der Waals surface area contributed by atoms with Gasteiger partial charge in [-0.2, -0.15) is 0 Å². The summed E-state index contributed by atoms with van der Waals surface area (Å²) in [4.78, 5) is 19.1. The number of aryl methyl sites for hydroxylation is 1. The van der Waals surface area contributed by atoms with E-state index in [-0.39, 0.29) is 12.0 Å². The van der Waals surface area contributed by atoms with Crippen molar-refractivity contribution < 1.29 is 9.53 Å². The second kappa shape index (κ2) is 7.48. The fraction of sp³-hybridized carbons (Fsp3) is 0.300. The Morgan fingerprint density at radius 3 is 2.88 bits per heavy atom. The summed E-state index contributed by atoms with van der Waals surface area (Å²) in [5, 5.41) is 0.612. The zero-order valence-corrected chi connectivity index (χ0v) is 15.1. The molecule has 1 aliphatic heterocycles. The summed E-state index contributed by atoms with van der Waals surface area (Å²) in [6.07, 6.45) is 5.38. The van der Waals surface area contributed by atoms with Crippen LogP contribution in [0.1, 0.15) is 22.5 Å². The average molecular weight is 370 g/mol. The summed E-state index contributed by atoms with van der Waals surface area (Å²) in [6, 6.07) is 13.9. The SMILES string of the molecule is O=C(c1cn2cc(Cl)ccc2n1)N1CCOC(CCc2ccccc2)C1. The van der Waals surface area contributed by atoms with Gasteiger partial charge in [0, 0.05) is 25.5 Å². The third-order valence-electron chi connectivity index (χ3n) is 4.66. The number of nitrogens with zero attached hydrogens (tertiary/aromatic N) is 3. The third-order valence-corrected chi connectivity index (χ3v) is 4.88. The lowest BCUT2D eigenvalue weighted by Gasteiger charge is -2.32. The minimum absolute atomic E-state index is 0.0550. The van der Waals surface area contributed by atoms with Crippen LogP contribution in [0.5, 0.6) is 0 Å². The smallest absolute Gasteiger partial charge is 0.274 e. The van der Waals surface area contributed by atoms with Crippen LogP contribution in [0, 0.1) is 0 Å². The molecule has 3 heterocycles. The Morgan fingerprint density at radius 1 is 1.19 bits per heavy atom. The van der Waals surface area contributed by atoms with E-state index in [9.17, 15) is 4.79 Å². The molecule has 0 radical (unpaired) electrons. The van der Waals surface area contributed by atoms with Gasteiger partial charge in [0.05, 0.1) is 17.7 Å². The molecule has 1 amide bonds. The molecular formula is C20H20ClN3O2. The number of carbonyl (C=O) groups excluding carboxylic acids is 1. The van der Waals surface area contributed by atoms with Gasteiger partial charge in [-0.05, 0) is 30.5 Å². The largest absolute Gasteiger partial charge is 0.375 e. The normalized spacial score (nSPS) is 17.6. The van der Waals surface area contributed by atoms with Crippen LogP contribution >= 0.6 is 11.6 Å². The molecule has 1 aromatic carbocycles. The first-order chi connectivity index (χ1) is 12.7. The quantitative estimate of drug-likeness (QED) is 0.707. The van der Waals surface area contributed by atoms with Crippen LogP contribution in [0.4, 0.5) is 0 Å². The Morgan fingerprint density at radius 2 is 2.04 bits per heavy atom. The molecule has 0 saturated carbocycles. The fourth-order valence-corrected chi connectivity index (χ4v) is 3.45. The molecule has 0 spiro atoms. The number of pyridine rings is 1. The van der Waals surface area contributed by atoms with Gasteiger partial charge in [0.1, 0.15) is 11.3 Å². The highest BCUT2D eigenvalue weighted by Crippen LogP contribution is 2.17. The van der Waals surface area contributed by atoms with Gasteiger partial charge in [-0.1, -0.05) is 41.9 Å².